The number of nitrogens with one attached hydrogen (secondary N) is 1. The summed E-state index contributed by atoms with van der Waals surface area (Å²) >= 11 is 5.60. The molecule has 1 N–H and O–H groups in total. The van der Waals surface area contributed by atoms with Crippen LogP contribution in [0.5, 0.6) is 0 Å². The molecule has 2 aromatic heterocycles. The molecular formula is C11H11BrIN3O2. The Balaban J connectivity index is 2.55. The first kappa shape index (κ1) is 13.8. The molecule has 0 saturated carbocycles. The standard InChI is InChI=1S/C11H11BrIN3O2/c1-14-10-8(13)7(5-17-2)15-11(16-10)9-6(12)3-4-18-9/h3-4H,5H2,1-2H3,(H,14,15,16). The lowest BCUT2D eigenvalue weighted by Gasteiger charge is -2.09. The predicted molar refractivity (Wildman–Crippen MR) is 80.4 cm³/mol. The molecule has 0 saturated heterocycles. The van der Waals surface area contributed by atoms with Crippen molar-refractivity contribution >= 4 is 44.3 Å². The van der Waals surface area contributed by atoms with Gasteiger partial charge in [-0.1, -0.05) is 0 Å². The van der Waals surface area contributed by atoms with Gasteiger partial charge in [-0.3, -0.25) is 0 Å². The average Bonchev–Trinajstić information content (AvgIpc) is 2.78. The maximum atomic E-state index is 5.38. The van der Waals surface area contributed by atoms with E-state index in [9.17, 15) is 0 Å². The summed E-state index contributed by atoms with van der Waals surface area (Å²) in [4.78, 5) is 8.89. The molecule has 0 atom stereocenters. The maximum Gasteiger partial charge on any atom is 0.199 e. The van der Waals surface area contributed by atoms with Crippen molar-refractivity contribution in [2.45, 2.75) is 6.61 Å². The van der Waals surface area contributed by atoms with Gasteiger partial charge in [0.2, 0.25) is 0 Å². The minimum atomic E-state index is 0.431. The number of hydrogen-bond acceptors (Lipinski definition) is 5. The summed E-state index contributed by atoms with van der Waals surface area (Å²) in [6.45, 7) is 0.431. The zero-order valence-electron chi connectivity index (χ0n) is 9.83. The second-order valence-electron chi connectivity index (χ2n) is 3.44. The van der Waals surface area contributed by atoms with Crippen molar-refractivity contribution in [2.75, 3.05) is 19.5 Å². The van der Waals surface area contributed by atoms with Gasteiger partial charge in [-0.2, -0.15) is 0 Å². The summed E-state index contributed by atoms with van der Waals surface area (Å²) < 4.78 is 12.3. The van der Waals surface area contributed by atoms with E-state index in [1.54, 1.807) is 13.4 Å². The normalized spacial score (nSPS) is 10.7. The Labute approximate surface area is 127 Å². The van der Waals surface area contributed by atoms with Crippen molar-refractivity contribution in [1.82, 2.24) is 9.97 Å². The fourth-order valence-electron chi connectivity index (χ4n) is 1.45. The monoisotopic (exact) mass is 423 g/mol. The first-order valence-corrected chi connectivity index (χ1v) is 7.01. The van der Waals surface area contributed by atoms with Gasteiger partial charge in [0.1, 0.15) is 5.82 Å². The SMILES string of the molecule is CNc1nc(-c2occc2Br)nc(COC)c1I. The van der Waals surface area contributed by atoms with Crippen LogP contribution in [-0.4, -0.2) is 24.1 Å². The Morgan fingerprint density at radius 2 is 2.28 bits per heavy atom. The van der Waals surface area contributed by atoms with Crippen molar-refractivity contribution in [3.05, 3.63) is 26.1 Å². The van der Waals surface area contributed by atoms with Gasteiger partial charge in [-0.25, -0.2) is 9.97 Å². The highest BCUT2D eigenvalue weighted by molar-refractivity contribution is 14.1. The Morgan fingerprint density at radius 3 is 2.83 bits per heavy atom. The van der Waals surface area contributed by atoms with Crippen LogP contribution < -0.4 is 5.32 Å². The number of aromatic nitrogens is 2. The lowest BCUT2D eigenvalue weighted by Crippen LogP contribution is -2.06. The molecule has 18 heavy (non-hydrogen) atoms. The number of nitrogens with zero attached hydrogens (tertiary/aromatic N) is 2. The molecule has 7 heteroatoms. The molecule has 5 nitrogen and oxygen atoms in total. The van der Waals surface area contributed by atoms with E-state index in [1.807, 2.05) is 13.1 Å². The first-order valence-electron chi connectivity index (χ1n) is 5.13. The van der Waals surface area contributed by atoms with Crippen LogP contribution in [0, 0.1) is 3.57 Å². The second kappa shape index (κ2) is 5.98. The van der Waals surface area contributed by atoms with E-state index in [-0.39, 0.29) is 0 Å². The summed E-state index contributed by atoms with van der Waals surface area (Å²) in [6, 6.07) is 1.81. The maximum absolute atomic E-state index is 5.38. The van der Waals surface area contributed by atoms with E-state index >= 15 is 0 Å². The van der Waals surface area contributed by atoms with E-state index in [0.29, 0.717) is 18.2 Å². The number of anilines is 1. The molecule has 0 bridgehead atoms. The van der Waals surface area contributed by atoms with Gasteiger partial charge in [0.15, 0.2) is 11.6 Å². The van der Waals surface area contributed by atoms with Crippen LogP contribution in [-0.2, 0) is 11.3 Å². The van der Waals surface area contributed by atoms with Crippen molar-refractivity contribution < 1.29 is 9.15 Å². The Hall–Kier alpha value is -0.670. The molecular weight excluding hydrogens is 413 g/mol. The fourth-order valence-corrected chi connectivity index (χ4v) is 2.49. The molecule has 0 aliphatic carbocycles. The number of ether oxygens (including phenoxy) is 1. The highest BCUT2D eigenvalue weighted by Gasteiger charge is 2.16. The molecule has 0 amide bonds. The molecule has 2 aromatic rings. The third-order valence-corrected chi connectivity index (χ3v) is 4.02. The molecule has 0 unspecified atom stereocenters. The van der Waals surface area contributed by atoms with Crippen LogP contribution in [0.25, 0.3) is 11.6 Å². The van der Waals surface area contributed by atoms with Crippen molar-refractivity contribution in [3.8, 4) is 11.6 Å². The zero-order valence-corrected chi connectivity index (χ0v) is 13.6. The third-order valence-electron chi connectivity index (χ3n) is 2.26. The molecule has 0 aliphatic heterocycles. The Bertz CT molecular complexity index is 559. The number of rotatable bonds is 4. The fraction of sp³-hybridized carbons (Fsp3) is 0.273. The lowest BCUT2D eigenvalue weighted by atomic mass is 10.3. The van der Waals surface area contributed by atoms with E-state index in [2.05, 4.69) is 53.8 Å². The van der Waals surface area contributed by atoms with E-state index in [1.165, 1.54) is 0 Å². The van der Waals surface area contributed by atoms with Crippen molar-refractivity contribution in [1.29, 1.82) is 0 Å². The van der Waals surface area contributed by atoms with Crippen LogP contribution in [0.1, 0.15) is 5.69 Å². The van der Waals surface area contributed by atoms with Crippen molar-refractivity contribution in [2.24, 2.45) is 0 Å². The molecule has 2 heterocycles. The minimum absolute atomic E-state index is 0.431. The summed E-state index contributed by atoms with van der Waals surface area (Å²) in [5.41, 5.74) is 0.829. The number of hydrogen-bond donors (Lipinski definition) is 1. The van der Waals surface area contributed by atoms with Gasteiger partial charge in [0.05, 0.1) is 26.6 Å². The molecule has 0 aliphatic rings. The number of methoxy groups -OCH3 is 1. The van der Waals surface area contributed by atoms with Gasteiger partial charge in [-0.15, -0.1) is 0 Å². The minimum Gasteiger partial charge on any atom is -0.460 e. The zero-order chi connectivity index (χ0) is 13.1. The van der Waals surface area contributed by atoms with Gasteiger partial charge >= 0.3 is 0 Å². The molecule has 0 aromatic carbocycles. The van der Waals surface area contributed by atoms with Crippen LogP contribution in [0.2, 0.25) is 0 Å². The van der Waals surface area contributed by atoms with Gasteiger partial charge in [-0.05, 0) is 44.6 Å². The summed E-state index contributed by atoms with van der Waals surface area (Å²) in [6.07, 6.45) is 1.59. The highest BCUT2D eigenvalue weighted by Crippen LogP contribution is 2.29. The van der Waals surface area contributed by atoms with Gasteiger partial charge in [0.25, 0.3) is 0 Å². The van der Waals surface area contributed by atoms with Crippen molar-refractivity contribution in [3.63, 3.8) is 0 Å². The van der Waals surface area contributed by atoms with Gasteiger partial charge in [0, 0.05) is 14.2 Å². The van der Waals surface area contributed by atoms with Crippen LogP contribution >= 0.6 is 38.5 Å². The largest absolute Gasteiger partial charge is 0.460 e. The van der Waals surface area contributed by atoms with E-state index in [0.717, 1.165) is 19.6 Å². The molecule has 2 rings (SSSR count). The van der Waals surface area contributed by atoms with Crippen LogP contribution in [0.4, 0.5) is 5.82 Å². The number of furan rings is 1. The van der Waals surface area contributed by atoms with E-state index < -0.39 is 0 Å². The first-order chi connectivity index (χ1) is 8.67. The Kier molecular flexibility index (Phi) is 4.57. The molecule has 0 fully saturated rings. The predicted octanol–water partition coefficient (Wildman–Crippen LogP) is 3.29. The Morgan fingerprint density at radius 1 is 1.50 bits per heavy atom. The summed E-state index contributed by atoms with van der Waals surface area (Å²) in [7, 11) is 3.46. The molecule has 0 radical (unpaired) electrons. The quantitative estimate of drug-likeness (QED) is 0.764. The lowest BCUT2D eigenvalue weighted by molar-refractivity contribution is 0.181. The van der Waals surface area contributed by atoms with Gasteiger partial charge < -0.3 is 14.5 Å². The molecule has 0 spiro atoms. The third kappa shape index (κ3) is 2.67. The van der Waals surface area contributed by atoms with E-state index in [4.69, 9.17) is 9.15 Å². The highest BCUT2D eigenvalue weighted by atomic mass is 127. The van der Waals surface area contributed by atoms with Crippen LogP contribution in [0.3, 0.4) is 0 Å². The second-order valence-corrected chi connectivity index (χ2v) is 5.37. The topological polar surface area (TPSA) is 60.2 Å². The summed E-state index contributed by atoms with van der Waals surface area (Å²) in [5, 5.41) is 3.04. The summed E-state index contributed by atoms with van der Waals surface area (Å²) in [5.74, 6) is 1.90. The van der Waals surface area contributed by atoms with Crippen LogP contribution in [0.15, 0.2) is 21.2 Å². The molecule has 96 valence electrons. The average molecular weight is 424 g/mol. The number of halogens is 2. The smallest absolute Gasteiger partial charge is 0.199 e.